The molecule has 0 atom stereocenters. The molecule has 4 nitrogen and oxygen atoms in total. The Morgan fingerprint density at radius 3 is 2.50 bits per heavy atom. The molecule has 0 radical (unpaired) electrons. The molecule has 1 heterocycles. The lowest BCUT2D eigenvalue weighted by molar-refractivity contribution is 0.802. The van der Waals surface area contributed by atoms with E-state index >= 15 is 0 Å². The van der Waals surface area contributed by atoms with Crippen molar-refractivity contribution in [3.8, 4) is 11.8 Å². The van der Waals surface area contributed by atoms with Crippen LogP contribution in [0.3, 0.4) is 0 Å². The highest BCUT2D eigenvalue weighted by atomic mass is 79.9. The minimum absolute atomic E-state index is 0.632. The standard InChI is InChI=1S/C9H5BrN4/c10-9-6-14(13-12-9)8-3-1-7(5-11)2-4-8/h1-4,6H. The van der Waals surface area contributed by atoms with Gasteiger partial charge < -0.3 is 0 Å². The Balaban J connectivity index is 2.39. The number of benzene rings is 1. The van der Waals surface area contributed by atoms with Crippen molar-refractivity contribution in [2.45, 2.75) is 0 Å². The second kappa shape index (κ2) is 3.60. The summed E-state index contributed by atoms with van der Waals surface area (Å²) in [6.45, 7) is 0. The lowest BCUT2D eigenvalue weighted by atomic mass is 10.2. The van der Waals surface area contributed by atoms with E-state index in [0.29, 0.717) is 10.2 Å². The van der Waals surface area contributed by atoms with Gasteiger partial charge in [-0.25, -0.2) is 4.68 Å². The summed E-state index contributed by atoms with van der Waals surface area (Å²) in [6.07, 6.45) is 1.75. The van der Waals surface area contributed by atoms with Crippen molar-refractivity contribution >= 4 is 15.9 Å². The predicted octanol–water partition coefficient (Wildman–Crippen LogP) is 1.90. The molecule has 0 amide bonds. The van der Waals surface area contributed by atoms with Crippen LogP contribution in [0.4, 0.5) is 0 Å². The average molecular weight is 249 g/mol. The summed E-state index contributed by atoms with van der Waals surface area (Å²) >= 11 is 3.21. The fraction of sp³-hybridized carbons (Fsp3) is 0. The normalized spacial score (nSPS) is 9.71. The highest BCUT2D eigenvalue weighted by Gasteiger charge is 1.99. The maximum absolute atomic E-state index is 8.61. The van der Waals surface area contributed by atoms with Crippen LogP contribution >= 0.6 is 15.9 Å². The third-order valence-corrected chi connectivity index (χ3v) is 2.09. The maximum atomic E-state index is 8.61. The Kier molecular flexibility index (Phi) is 2.29. The van der Waals surface area contributed by atoms with Crippen molar-refractivity contribution in [3.63, 3.8) is 0 Å². The highest BCUT2D eigenvalue weighted by molar-refractivity contribution is 9.10. The second-order valence-corrected chi connectivity index (χ2v) is 3.46. The lowest BCUT2D eigenvalue weighted by Gasteiger charge is -1.98. The van der Waals surface area contributed by atoms with Crippen LogP contribution in [0.2, 0.25) is 0 Å². The Hall–Kier alpha value is -1.67. The van der Waals surface area contributed by atoms with Gasteiger partial charge in [-0.05, 0) is 40.2 Å². The Labute approximate surface area is 88.9 Å². The van der Waals surface area contributed by atoms with E-state index in [0.717, 1.165) is 5.69 Å². The van der Waals surface area contributed by atoms with Crippen LogP contribution in [-0.2, 0) is 0 Å². The highest BCUT2D eigenvalue weighted by Crippen LogP contribution is 2.10. The minimum atomic E-state index is 0.632. The topological polar surface area (TPSA) is 54.5 Å². The fourth-order valence-corrected chi connectivity index (χ4v) is 1.32. The number of nitrogens with zero attached hydrogens (tertiary/aromatic N) is 4. The van der Waals surface area contributed by atoms with Gasteiger partial charge in [0, 0.05) is 0 Å². The van der Waals surface area contributed by atoms with E-state index in [9.17, 15) is 0 Å². The molecule has 68 valence electrons. The van der Waals surface area contributed by atoms with E-state index in [1.165, 1.54) is 0 Å². The summed E-state index contributed by atoms with van der Waals surface area (Å²) in [5.41, 5.74) is 1.51. The van der Waals surface area contributed by atoms with Gasteiger partial charge in [-0.3, -0.25) is 0 Å². The van der Waals surface area contributed by atoms with Crippen LogP contribution in [-0.4, -0.2) is 15.0 Å². The van der Waals surface area contributed by atoms with Crippen molar-refractivity contribution in [2.24, 2.45) is 0 Å². The van der Waals surface area contributed by atoms with E-state index in [2.05, 4.69) is 32.3 Å². The molecule has 1 aromatic carbocycles. The first-order chi connectivity index (χ1) is 6.79. The van der Waals surface area contributed by atoms with Gasteiger partial charge in [0.15, 0.2) is 0 Å². The maximum Gasteiger partial charge on any atom is 0.148 e. The number of hydrogen-bond donors (Lipinski definition) is 0. The molecule has 2 rings (SSSR count). The van der Waals surface area contributed by atoms with Gasteiger partial charge in [-0.1, -0.05) is 5.21 Å². The monoisotopic (exact) mass is 248 g/mol. The molecule has 0 bridgehead atoms. The molecule has 0 aliphatic heterocycles. The zero-order chi connectivity index (χ0) is 9.97. The molecule has 0 saturated carbocycles. The average Bonchev–Trinajstić information content (AvgIpc) is 2.65. The fourth-order valence-electron chi connectivity index (χ4n) is 1.06. The van der Waals surface area contributed by atoms with Crippen LogP contribution < -0.4 is 0 Å². The number of hydrogen-bond acceptors (Lipinski definition) is 3. The first-order valence-corrected chi connectivity index (χ1v) is 4.67. The van der Waals surface area contributed by atoms with Crippen LogP contribution in [0.15, 0.2) is 35.1 Å². The van der Waals surface area contributed by atoms with E-state index in [1.54, 1.807) is 23.0 Å². The van der Waals surface area contributed by atoms with Crippen LogP contribution in [0, 0.1) is 11.3 Å². The van der Waals surface area contributed by atoms with Crippen molar-refractivity contribution in [3.05, 3.63) is 40.6 Å². The summed E-state index contributed by atoms with van der Waals surface area (Å²) in [5.74, 6) is 0. The van der Waals surface area contributed by atoms with Gasteiger partial charge in [0.25, 0.3) is 0 Å². The second-order valence-electron chi connectivity index (χ2n) is 2.64. The quantitative estimate of drug-likeness (QED) is 0.775. The molecule has 0 aliphatic rings. The molecular formula is C9H5BrN4. The number of aromatic nitrogens is 3. The molecule has 0 saturated heterocycles. The molecule has 0 unspecified atom stereocenters. The summed E-state index contributed by atoms with van der Waals surface area (Å²) in [4.78, 5) is 0. The Morgan fingerprint density at radius 2 is 2.00 bits per heavy atom. The zero-order valence-corrected chi connectivity index (χ0v) is 8.64. The van der Waals surface area contributed by atoms with E-state index < -0.39 is 0 Å². The van der Waals surface area contributed by atoms with Crippen molar-refractivity contribution in [2.75, 3.05) is 0 Å². The Morgan fingerprint density at radius 1 is 1.29 bits per heavy atom. The van der Waals surface area contributed by atoms with Crippen LogP contribution in [0.25, 0.3) is 5.69 Å². The largest absolute Gasteiger partial charge is 0.220 e. The van der Waals surface area contributed by atoms with Gasteiger partial charge in [0.1, 0.15) is 4.60 Å². The third kappa shape index (κ3) is 1.65. The number of nitriles is 1. The predicted molar refractivity (Wildman–Crippen MR) is 53.8 cm³/mol. The summed E-state index contributed by atoms with van der Waals surface area (Å²) in [5, 5.41) is 16.3. The molecule has 0 spiro atoms. The smallest absolute Gasteiger partial charge is 0.148 e. The van der Waals surface area contributed by atoms with E-state index in [1.807, 2.05) is 12.1 Å². The van der Waals surface area contributed by atoms with Crippen LogP contribution in [0.5, 0.6) is 0 Å². The molecule has 5 heteroatoms. The first kappa shape index (κ1) is 8.91. The van der Waals surface area contributed by atoms with Gasteiger partial charge in [-0.2, -0.15) is 5.26 Å². The number of halogens is 1. The number of rotatable bonds is 1. The van der Waals surface area contributed by atoms with E-state index in [-0.39, 0.29) is 0 Å². The SMILES string of the molecule is N#Cc1ccc(-n2cc(Br)nn2)cc1. The molecule has 0 N–H and O–H groups in total. The van der Waals surface area contributed by atoms with Gasteiger partial charge >= 0.3 is 0 Å². The first-order valence-electron chi connectivity index (χ1n) is 3.88. The zero-order valence-electron chi connectivity index (χ0n) is 7.05. The Bertz CT molecular complexity index is 480. The lowest BCUT2D eigenvalue weighted by Crippen LogP contribution is -1.94. The van der Waals surface area contributed by atoms with Crippen LogP contribution in [0.1, 0.15) is 5.56 Å². The summed E-state index contributed by atoms with van der Waals surface area (Å²) in [7, 11) is 0. The third-order valence-electron chi connectivity index (χ3n) is 1.73. The molecule has 1 aromatic heterocycles. The van der Waals surface area contributed by atoms with Gasteiger partial charge in [0.2, 0.25) is 0 Å². The summed E-state index contributed by atoms with van der Waals surface area (Å²) in [6, 6.07) is 9.18. The van der Waals surface area contributed by atoms with Crippen molar-refractivity contribution in [1.29, 1.82) is 5.26 Å². The van der Waals surface area contributed by atoms with E-state index in [4.69, 9.17) is 5.26 Å². The van der Waals surface area contributed by atoms with Gasteiger partial charge in [0.05, 0.1) is 23.5 Å². The van der Waals surface area contributed by atoms with Crippen molar-refractivity contribution < 1.29 is 0 Å². The molecule has 0 fully saturated rings. The van der Waals surface area contributed by atoms with Gasteiger partial charge in [-0.15, -0.1) is 5.10 Å². The van der Waals surface area contributed by atoms with Crippen molar-refractivity contribution in [1.82, 2.24) is 15.0 Å². The molecular weight excluding hydrogens is 244 g/mol. The molecule has 0 aliphatic carbocycles. The molecule has 2 aromatic rings. The minimum Gasteiger partial charge on any atom is -0.220 e. The molecule has 14 heavy (non-hydrogen) atoms. The summed E-state index contributed by atoms with van der Waals surface area (Å²) < 4.78 is 2.31.